The fourth-order valence-corrected chi connectivity index (χ4v) is 3.95. The molecular weight excluding hydrogens is 240 g/mol. The van der Waals surface area contributed by atoms with Crippen LogP contribution in [0.25, 0.3) is 0 Å². The molecule has 2 atom stereocenters. The lowest BCUT2D eigenvalue weighted by molar-refractivity contribution is -0.133. The van der Waals surface area contributed by atoms with Crippen LogP contribution in [-0.4, -0.2) is 41.8 Å². The van der Waals surface area contributed by atoms with E-state index in [1.54, 1.807) is 0 Å². The molecule has 3 fully saturated rings. The van der Waals surface area contributed by atoms with Gasteiger partial charge in [0.05, 0.1) is 17.8 Å². The molecule has 0 aromatic rings. The average molecular weight is 266 g/mol. The molecule has 0 bridgehead atoms. The summed E-state index contributed by atoms with van der Waals surface area (Å²) < 4.78 is 5.68. The van der Waals surface area contributed by atoms with Crippen molar-refractivity contribution in [2.24, 2.45) is 0 Å². The summed E-state index contributed by atoms with van der Waals surface area (Å²) in [5, 5.41) is 3.63. The third kappa shape index (κ3) is 2.40. The second kappa shape index (κ2) is 5.41. The topological polar surface area (TPSA) is 41.6 Å². The molecule has 4 nitrogen and oxygen atoms in total. The smallest absolute Gasteiger partial charge is 0.244 e. The van der Waals surface area contributed by atoms with Crippen molar-refractivity contribution < 1.29 is 9.53 Å². The van der Waals surface area contributed by atoms with Crippen molar-refractivity contribution in [3.8, 4) is 0 Å². The molecule has 1 aliphatic carbocycles. The predicted octanol–water partition coefficient (Wildman–Crippen LogP) is 2.04. The van der Waals surface area contributed by atoms with E-state index in [0.717, 1.165) is 45.3 Å². The second-order valence-corrected chi connectivity index (χ2v) is 6.28. The SMILES string of the molecule is CCC1NC2(CCCC2)C(=O)N1CCC1CCCO1. The fourth-order valence-electron chi connectivity index (χ4n) is 3.95. The van der Waals surface area contributed by atoms with E-state index < -0.39 is 0 Å². The Kier molecular flexibility index (Phi) is 3.81. The van der Waals surface area contributed by atoms with Crippen molar-refractivity contribution in [1.82, 2.24) is 10.2 Å². The third-order valence-electron chi connectivity index (χ3n) is 5.05. The molecule has 0 aromatic carbocycles. The maximum atomic E-state index is 12.7. The van der Waals surface area contributed by atoms with Gasteiger partial charge in [-0.2, -0.15) is 0 Å². The Morgan fingerprint density at radius 2 is 2.16 bits per heavy atom. The highest BCUT2D eigenvalue weighted by Gasteiger charge is 2.51. The molecule has 19 heavy (non-hydrogen) atoms. The number of hydrogen-bond acceptors (Lipinski definition) is 3. The van der Waals surface area contributed by atoms with Gasteiger partial charge in [0.1, 0.15) is 0 Å². The number of nitrogens with zero attached hydrogens (tertiary/aromatic N) is 1. The van der Waals surface area contributed by atoms with E-state index in [9.17, 15) is 4.79 Å². The maximum absolute atomic E-state index is 12.7. The first-order valence-electron chi connectivity index (χ1n) is 7.95. The molecule has 1 N–H and O–H groups in total. The Morgan fingerprint density at radius 1 is 1.37 bits per heavy atom. The Bertz CT molecular complexity index is 333. The van der Waals surface area contributed by atoms with Crippen molar-refractivity contribution >= 4 is 5.91 Å². The first kappa shape index (κ1) is 13.4. The summed E-state index contributed by atoms with van der Waals surface area (Å²) in [5.74, 6) is 0.356. The van der Waals surface area contributed by atoms with Crippen LogP contribution in [0, 0.1) is 0 Å². The number of nitrogens with one attached hydrogen (secondary N) is 1. The van der Waals surface area contributed by atoms with Gasteiger partial charge in [-0.15, -0.1) is 0 Å². The van der Waals surface area contributed by atoms with E-state index in [1.165, 1.54) is 19.3 Å². The maximum Gasteiger partial charge on any atom is 0.244 e. The first-order valence-corrected chi connectivity index (χ1v) is 7.95. The molecular formula is C15H26N2O2. The van der Waals surface area contributed by atoms with Crippen LogP contribution >= 0.6 is 0 Å². The van der Waals surface area contributed by atoms with E-state index in [-0.39, 0.29) is 11.7 Å². The van der Waals surface area contributed by atoms with Crippen LogP contribution in [0.5, 0.6) is 0 Å². The van der Waals surface area contributed by atoms with Crippen LogP contribution in [-0.2, 0) is 9.53 Å². The minimum atomic E-state index is -0.211. The number of ether oxygens (including phenoxy) is 1. The van der Waals surface area contributed by atoms with Crippen molar-refractivity contribution in [2.45, 2.75) is 76.1 Å². The highest BCUT2D eigenvalue weighted by molar-refractivity contribution is 5.89. The van der Waals surface area contributed by atoms with E-state index in [1.807, 2.05) is 0 Å². The Balaban J connectivity index is 1.63. The number of carbonyl (C=O) groups is 1. The Labute approximate surface area is 115 Å². The van der Waals surface area contributed by atoms with Gasteiger partial charge in [0, 0.05) is 13.2 Å². The molecule has 0 radical (unpaired) electrons. The van der Waals surface area contributed by atoms with Gasteiger partial charge in [-0.25, -0.2) is 0 Å². The Hall–Kier alpha value is -0.610. The van der Waals surface area contributed by atoms with Gasteiger partial charge in [-0.1, -0.05) is 19.8 Å². The Morgan fingerprint density at radius 3 is 2.79 bits per heavy atom. The lowest BCUT2D eigenvalue weighted by Gasteiger charge is -2.24. The normalized spacial score (nSPS) is 33.7. The summed E-state index contributed by atoms with van der Waals surface area (Å²) in [4.78, 5) is 14.8. The van der Waals surface area contributed by atoms with Gasteiger partial charge in [-0.05, 0) is 38.5 Å². The summed E-state index contributed by atoms with van der Waals surface area (Å²) in [6, 6.07) is 0. The lowest BCUT2D eigenvalue weighted by atomic mass is 9.98. The molecule has 2 saturated heterocycles. The van der Waals surface area contributed by atoms with Gasteiger partial charge in [0.15, 0.2) is 0 Å². The van der Waals surface area contributed by atoms with Gasteiger partial charge < -0.3 is 9.64 Å². The zero-order valence-electron chi connectivity index (χ0n) is 12.0. The molecule has 108 valence electrons. The van der Waals surface area contributed by atoms with Crippen molar-refractivity contribution in [3.63, 3.8) is 0 Å². The number of hydrogen-bond donors (Lipinski definition) is 1. The number of amides is 1. The molecule has 1 amide bonds. The van der Waals surface area contributed by atoms with Crippen LogP contribution in [0.3, 0.4) is 0 Å². The quantitative estimate of drug-likeness (QED) is 0.846. The summed E-state index contributed by atoms with van der Waals surface area (Å²) in [7, 11) is 0. The number of rotatable bonds is 4. The molecule has 3 aliphatic rings. The fraction of sp³-hybridized carbons (Fsp3) is 0.933. The van der Waals surface area contributed by atoms with Gasteiger partial charge in [0.2, 0.25) is 5.91 Å². The summed E-state index contributed by atoms with van der Waals surface area (Å²) in [6.45, 7) is 3.92. The molecule has 4 heteroatoms. The first-order chi connectivity index (χ1) is 9.25. The minimum absolute atomic E-state index is 0.211. The van der Waals surface area contributed by atoms with E-state index >= 15 is 0 Å². The van der Waals surface area contributed by atoms with Crippen LogP contribution in [0.2, 0.25) is 0 Å². The monoisotopic (exact) mass is 266 g/mol. The van der Waals surface area contributed by atoms with Gasteiger partial charge >= 0.3 is 0 Å². The summed E-state index contributed by atoms with van der Waals surface area (Å²) in [6.07, 6.45) is 9.40. The van der Waals surface area contributed by atoms with Crippen LogP contribution in [0.1, 0.15) is 58.3 Å². The minimum Gasteiger partial charge on any atom is -0.378 e. The van der Waals surface area contributed by atoms with Crippen molar-refractivity contribution in [1.29, 1.82) is 0 Å². The summed E-state index contributed by atoms with van der Waals surface area (Å²) in [5.41, 5.74) is -0.211. The van der Waals surface area contributed by atoms with Crippen molar-refractivity contribution in [2.75, 3.05) is 13.2 Å². The summed E-state index contributed by atoms with van der Waals surface area (Å²) >= 11 is 0. The third-order valence-corrected chi connectivity index (χ3v) is 5.05. The average Bonchev–Trinajstić information content (AvgIpc) is 3.13. The zero-order chi connectivity index (χ0) is 13.3. The largest absolute Gasteiger partial charge is 0.378 e. The van der Waals surface area contributed by atoms with Gasteiger partial charge in [-0.3, -0.25) is 10.1 Å². The van der Waals surface area contributed by atoms with Crippen molar-refractivity contribution in [3.05, 3.63) is 0 Å². The molecule has 0 aromatic heterocycles. The number of carbonyl (C=O) groups excluding carboxylic acids is 1. The van der Waals surface area contributed by atoms with Crippen LogP contribution < -0.4 is 5.32 Å². The highest BCUT2D eigenvalue weighted by atomic mass is 16.5. The van der Waals surface area contributed by atoms with Gasteiger partial charge in [0.25, 0.3) is 0 Å². The zero-order valence-corrected chi connectivity index (χ0v) is 12.0. The van der Waals surface area contributed by atoms with Crippen LogP contribution in [0.4, 0.5) is 0 Å². The molecule has 2 unspecified atom stereocenters. The van der Waals surface area contributed by atoms with E-state index in [4.69, 9.17) is 4.74 Å². The molecule has 2 heterocycles. The lowest BCUT2D eigenvalue weighted by Crippen LogP contribution is -2.44. The van der Waals surface area contributed by atoms with E-state index in [2.05, 4.69) is 17.1 Å². The molecule has 1 saturated carbocycles. The highest BCUT2D eigenvalue weighted by Crippen LogP contribution is 2.37. The standard InChI is InChI=1S/C15H26N2O2/c1-2-13-16-15(8-3-4-9-15)14(18)17(13)10-7-12-6-5-11-19-12/h12-13,16H,2-11H2,1H3. The molecule has 3 rings (SSSR count). The molecule has 1 spiro atoms. The molecule has 2 aliphatic heterocycles. The van der Waals surface area contributed by atoms with Crippen LogP contribution in [0.15, 0.2) is 0 Å². The predicted molar refractivity (Wildman–Crippen MR) is 73.7 cm³/mol. The van der Waals surface area contributed by atoms with E-state index in [0.29, 0.717) is 12.0 Å². The second-order valence-electron chi connectivity index (χ2n) is 6.28.